The van der Waals surface area contributed by atoms with Crippen LogP contribution in [0, 0.1) is 11.6 Å². The second kappa shape index (κ2) is 6.59. The van der Waals surface area contributed by atoms with Crippen molar-refractivity contribution in [2.24, 2.45) is 0 Å². The Morgan fingerprint density at radius 3 is 2.75 bits per heavy atom. The Labute approximate surface area is 95.9 Å². The molecule has 90 valence electrons. The Hall–Kier alpha value is -0.960. The van der Waals surface area contributed by atoms with Gasteiger partial charge in [0.05, 0.1) is 0 Å². The fraction of sp³-hybridized carbons (Fsp3) is 0.538. The van der Waals surface area contributed by atoms with Crippen LogP contribution in [0.4, 0.5) is 8.78 Å². The van der Waals surface area contributed by atoms with Gasteiger partial charge in [0.2, 0.25) is 0 Å². The molecule has 1 N–H and O–H groups in total. The molecule has 0 spiro atoms. The van der Waals surface area contributed by atoms with Gasteiger partial charge in [0.1, 0.15) is 0 Å². The minimum Gasteiger partial charge on any atom is -0.310 e. The fourth-order valence-electron chi connectivity index (χ4n) is 1.58. The molecule has 0 radical (unpaired) electrons. The number of hydrogen-bond acceptors (Lipinski definition) is 1. The molecule has 0 aliphatic carbocycles. The summed E-state index contributed by atoms with van der Waals surface area (Å²) in [5, 5.41) is 3.20. The SMILES string of the molecule is CCCCC(C)NCc1cccc(F)c1F. The molecule has 0 fully saturated rings. The summed E-state index contributed by atoms with van der Waals surface area (Å²) < 4.78 is 26.2. The molecule has 0 saturated carbocycles. The van der Waals surface area contributed by atoms with Crippen LogP contribution in [0.25, 0.3) is 0 Å². The van der Waals surface area contributed by atoms with Gasteiger partial charge in [-0.15, -0.1) is 0 Å². The van der Waals surface area contributed by atoms with E-state index < -0.39 is 11.6 Å². The predicted octanol–water partition coefficient (Wildman–Crippen LogP) is 3.63. The summed E-state index contributed by atoms with van der Waals surface area (Å²) in [6, 6.07) is 4.62. The lowest BCUT2D eigenvalue weighted by Crippen LogP contribution is -2.25. The molecule has 16 heavy (non-hydrogen) atoms. The first kappa shape index (κ1) is 13.1. The van der Waals surface area contributed by atoms with E-state index in [1.807, 2.05) is 0 Å². The number of halogens is 2. The zero-order valence-electron chi connectivity index (χ0n) is 9.89. The molecule has 0 amide bonds. The van der Waals surface area contributed by atoms with E-state index in [0.717, 1.165) is 25.3 Å². The first-order valence-corrected chi connectivity index (χ1v) is 5.81. The Balaban J connectivity index is 2.45. The molecule has 1 unspecified atom stereocenters. The Bertz CT molecular complexity index is 326. The highest BCUT2D eigenvalue weighted by molar-refractivity contribution is 5.18. The summed E-state index contributed by atoms with van der Waals surface area (Å²) in [5.74, 6) is -1.52. The van der Waals surface area contributed by atoms with Crippen LogP contribution in [-0.2, 0) is 6.54 Å². The number of benzene rings is 1. The summed E-state index contributed by atoms with van der Waals surface area (Å²) in [4.78, 5) is 0. The van der Waals surface area contributed by atoms with E-state index in [2.05, 4.69) is 19.2 Å². The van der Waals surface area contributed by atoms with Crippen molar-refractivity contribution in [1.82, 2.24) is 5.32 Å². The third-order valence-electron chi connectivity index (χ3n) is 2.66. The van der Waals surface area contributed by atoms with Crippen molar-refractivity contribution in [3.8, 4) is 0 Å². The maximum absolute atomic E-state index is 13.3. The standard InChI is InChI=1S/C13H19F2N/c1-3-4-6-10(2)16-9-11-7-5-8-12(14)13(11)15/h5,7-8,10,16H,3-4,6,9H2,1-2H3. The molecule has 0 saturated heterocycles. The van der Waals surface area contributed by atoms with E-state index in [4.69, 9.17) is 0 Å². The van der Waals surface area contributed by atoms with Gasteiger partial charge in [0.25, 0.3) is 0 Å². The molecule has 1 aromatic carbocycles. The highest BCUT2D eigenvalue weighted by Gasteiger charge is 2.08. The van der Waals surface area contributed by atoms with E-state index in [0.29, 0.717) is 18.2 Å². The van der Waals surface area contributed by atoms with Crippen molar-refractivity contribution in [1.29, 1.82) is 0 Å². The largest absolute Gasteiger partial charge is 0.310 e. The van der Waals surface area contributed by atoms with Crippen molar-refractivity contribution in [2.75, 3.05) is 0 Å². The Kier molecular flexibility index (Phi) is 5.39. The minimum absolute atomic E-state index is 0.336. The van der Waals surface area contributed by atoms with Crippen LogP contribution in [0.5, 0.6) is 0 Å². The van der Waals surface area contributed by atoms with Gasteiger partial charge in [-0.3, -0.25) is 0 Å². The molecular formula is C13H19F2N. The third kappa shape index (κ3) is 3.89. The first-order chi connectivity index (χ1) is 7.65. The van der Waals surface area contributed by atoms with E-state index in [1.54, 1.807) is 6.07 Å². The molecule has 3 heteroatoms. The summed E-state index contributed by atoms with van der Waals surface area (Å²) >= 11 is 0. The van der Waals surface area contributed by atoms with Gasteiger partial charge in [-0.25, -0.2) is 8.78 Å². The van der Waals surface area contributed by atoms with Gasteiger partial charge in [-0.2, -0.15) is 0 Å². The minimum atomic E-state index is -0.777. The normalized spacial score (nSPS) is 12.8. The molecule has 0 heterocycles. The monoisotopic (exact) mass is 227 g/mol. The molecule has 1 rings (SSSR count). The summed E-state index contributed by atoms with van der Waals surface area (Å²) in [7, 11) is 0. The molecule has 0 aliphatic rings. The molecule has 1 atom stereocenters. The number of nitrogens with one attached hydrogen (secondary N) is 1. The van der Waals surface area contributed by atoms with Crippen LogP contribution < -0.4 is 5.32 Å². The fourth-order valence-corrected chi connectivity index (χ4v) is 1.58. The number of rotatable bonds is 6. The average molecular weight is 227 g/mol. The zero-order chi connectivity index (χ0) is 12.0. The lowest BCUT2D eigenvalue weighted by atomic mass is 10.1. The van der Waals surface area contributed by atoms with Crippen LogP contribution in [0.1, 0.15) is 38.7 Å². The van der Waals surface area contributed by atoms with Gasteiger partial charge in [0.15, 0.2) is 11.6 Å². The van der Waals surface area contributed by atoms with Crippen molar-refractivity contribution >= 4 is 0 Å². The maximum Gasteiger partial charge on any atom is 0.163 e. The lowest BCUT2D eigenvalue weighted by molar-refractivity contribution is 0.466. The third-order valence-corrected chi connectivity index (χ3v) is 2.66. The quantitative estimate of drug-likeness (QED) is 0.782. The van der Waals surface area contributed by atoms with E-state index in [1.165, 1.54) is 6.07 Å². The molecule has 0 aromatic heterocycles. The van der Waals surface area contributed by atoms with Crippen molar-refractivity contribution in [2.45, 2.75) is 45.7 Å². The van der Waals surface area contributed by atoms with E-state index in [9.17, 15) is 8.78 Å². The summed E-state index contributed by atoms with van der Waals surface area (Å²) in [6.07, 6.45) is 3.37. The molecule has 0 aliphatic heterocycles. The Morgan fingerprint density at radius 1 is 1.31 bits per heavy atom. The predicted molar refractivity (Wildman–Crippen MR) is 62.2 cm³/mol. The van der Waals surface area contributed by atoms with Gasteiger partial charge in [-0.05, 0) is 19.4 Å². The molecule has 1 nitrogen and oxygen atoms in total. The second-order valence-electron chi connectivity index (χ2n) is 4.14. The van der Waals surface area contributed by atoms with Crippen LogP contribution in [0.15, 0.2) is 18.2 Å². The highest BCUT2D eigenvalue weighted by Crippen LogP contribution is 2.11. The van der Waals surface area contributed by atoms with Crippen molar-refractivity contribution in [3.05, 3.63) is 35.4 Å². The highest BCUT2D eigenvalue weighted by atomic mass is 19.2. The van der Waals surface area contributed by atoms with Gasteiger partial charge < -0.3 is 5.32 Å². The van der Waals surface area contributed by atoms with Gasteiger partial charge in [-0.1, -0.05) is 31.9 Å². The van der Waals surface area contributed by atoms with Crippen molar-refractivity contribution < 1.29 is 8.78 Å². The topological polar surface area (TPSA) is 12.0 Å². The smallest absolute Gasteiger partial charge is 0.163 e. The number of unbranched alkanes of at least 4 members (excludes halogenated alkanes) is 1. The molecule has 1 aromatic rings. The van der Waals surface area contributed by atoms with Crippen LogP contribution in [0.3, 0.4) is 0 Å². The zero-order valence-corrected chi connectivity index (χ0v) is 9.89. The molecule has 0 bridgehead atoms. The first-order valence-electron chi connectivity index (χ1n) is 5.81. The van der Waals surface area contributed by atoms with E-state index >= 15 is 0 Å². The number of hydrogen-bond donors (Lipinski definition) is 1. The second-order valence-corrected chi connectivity index (χ2v) is 4.14. The maximum atomic E-state index is 13.3. The Morgan fingerprint density at radius 2 is 2.06 bits per heavy atom. The van der Waals surface area contributed by atoms with Gasteiger partial charge in [0, 0.05) is 18.2 Å². The van der Waals surface area contributed by atoms with Crippen LogP contribution in [-0.4, -0.2) is 6.04 Å². The van der Waals surface area contributed by atoms with Crippen molar-refractivity contribution in [3.63, 3.8) is 0 Å². The summed E-state index contributed by atoms with van der Waals surface area (Å²) in [5.41, 5.74) is 0.392. The summed E-state index contributed by atoms with van der Waals surface area (Å²) in [6.45, 7) is 4.58. The lowest BCUT2D eigenvalue weighted by Gasteiger charge is -2.13. The van der Waals surface area contributed by atoms with E-state index in [-0.39, 0.29) is 0 Å². The average Bonchev–Trinajstić information content (AvgIpc) is 2.28. The van der Waals surface area contributed by atoms with Gasteiger partial charge >= 0.3 is 0 Å². The van der Waals surface area contributed by atoms with Crippen LogP contribution in [0.2, 0.25) is 0 Å². The molecular weight excluding hydrogens is 208 g/mol. The van der Waals surface area contributed by atoms with Crippen LogP contribution >= 0.6 is 0 Å².